The average molecular weight is 394 g/mol. The van der Waals surface area contributed by atoms with Crippen LogP contribution in [0.4, 0.5) is 0 Å². The van der Waals surface area contributed by atoms with E-state index < -0.39 is 0 Å². The quantitative estimate of drug-likeness (QED) is 0.790. The number of ether oxygens (including phenoxy) is 1. The maximum atomic E-state index is 5.62. The lowest BCUT2D eigenvalue weighted by Crippen LogP contribution is -2.14. The van der Waals surface area contributed by atoms with Gasteiger partial charge in [0, 0.05) is 29.3 Å². The average Bonchev–Trinajstić information content (AvgIpc) is 2.43. The highest BCUT2D eigenvalue weighted by Crippen LogP contribution is 2.23. The molecule has 0 aliphatic heterocycles. The minimum atomic E-state index is 0. The van der Waals surface area contributed by atoms with Crippen molar-refractivity contribution in [1.29, 1.82) is 0 Å². The minimum absolute atomic E-state index is 0. The number of nitrogens with zero attached hydrogens (tertiary/aromatic N) is 1. The number of pyridine rings is 1. The maximum Gasteiger partial charge on any atom is 0.123 e. The zero-order valence-corrected chi connectivity index (χ0v) is 14.9. The van der Waals surface area contributed by atoms with Gasteiger partial charge in [-0.2, -0.15) is 0 Å². The van der Waals surface area contributed by atoms with Crippen molar-refractivity contribution < 1.29 is 4.74 Å². The van der Waals surface area contributed by atoms with Crippen LogP contribution in [-0.4, -0.2) is 11.6 Å². The zero-order chi connectivity index (χ0) is 13.5. The van der Waals surface area contributed by atoms with Crippen LogP contribution in [0.2, 0.25) is 0 Å². The molecule has 0 aliphatic carbocycles. The lowest BCUT2D eigenvalue weighted by Gasteiger charge is -2.11. The molecule has 6 heteroatoms. The second-order valence-corrected chi connectivity index (χ2v) is 5.03. The van der Waals surface area contributed by atoms with Gasteiger partial charge in [-0.05, 0) is 37.3 Å². The predicted molar refractivity (Wildman–Crippen MR) is 94.6 cm³/mol. The van der Waals surface area contributed by atoms with Crippen LogP contribution in [0, 0.1) is 0 Å². The molecular formula is C15H19BrCl2N2O. The van der Waals surface area contributed by atoms with E-state index in [4.69, 9.17) is 4.74 Å². The Balaban J connectivity index is 0.00000200. The maximum absolute atomic E-state index is 5.62. The molecule has 0 amide bonds. The van der Waals surface area contributed by atoms with Gasteiger partial charge in [-0.15, -0.1) is 24.8 Å². The fourth-order valence-corrected chi connectivity index (χ4v) is 2.22. The molecule has 0 aliphatic rings. The summed E-state index contributed by atoms with van der Waals surface area (Å²) in [4.78, 5) is 4.28. The predicted octanol–water partition coefficient (Wildman–Crippen LogP) is 4.38. The van der Waals surface area contributed by atoms with Crippen molar-refractivity contribution in [2.24, 2.45) is 0 Å². The third kappa shape index (κ3) is 6.66. The van der Waals surface area contributed by atoms with Gasteiger partial charge in [0.05, 0.1) is 12.3 Å². The summed E-state index contributed by atoms with van der Waals surface area (Å²) >= 11 is 3.49. The van der Waals surface area contributed by atoms with Crippen LogP contribution in [0.5, 0.6) is 5.75 Å². The second kappa shape index (κ2) is 10.9. The SMILES string of the molecule is CCOc1ccc(Br)cc1CNCc1ccccn1.Cl.Cl. The number of benzene rings is 1. The molecular weight excluding hydrogens is 375 g/mol. The standard InChI is InChI=1S/C15H17BrN2O.2ClH/c1-2-19-15-7-6-13(16)9-12(15)10-17-11-14-5-3-4-8-18-14;;/h3-9,17H,2,10-11H2,1H3;2*1H. The van der Waals surface area contributed by atoms with E-state index in [1.165, 1.54) is 0 Å². The normalized spacial score (nSPS) is 9.43. The van der Waals surface area contributed by atoms with Gasteiger partial charge in [-0.1, -0.05) is 22.0 Å². The fraction of sp³-hybridized carbons (Fsp3) is 0.267. The number of nitrogens with one attached hydrogen (secondary N) is 1. The molecule has 21 heavy (non-hydrogen) atoms. The Kier molecular flexibility index (Phi) is 10.4. The molecule has 0 radical (unpaired) electrons. The number of halogens is 3. The van der Waals surface area contributed by atoms with Crippen LogP contribution in [0.3, 0.4) is 0 Å². The van der Waals surface area contributed by atoms with Crippen molar-refractivity contribution in [3.05, 3.63) is 58.3 Å². The van der Waals surface area contributed by atoms with Crippen LogP contribution < -0.4 is 10.1 Å². The Hall–Kier alpha value is -0.810. The Morgan fingerprint density at radius 2 is 1.95 bits per heavy atom. The van der Waals surface area contributed by atoms with Crippen molar-refractivity contribution in [3.63, 3.8) is 0 Å². The first-order valence-electron chi connectivity index (χ1n) is 6.31. The van der Waals surface area contributed by atoms with Gasteiger partial charge in [0.1, 0.15) is 5.75 Å². The Bertz CT molecular complexity index is 526. The molecule has 3 nitrogen and oxygen atoms in total. The van der Waals surface area contributed by atoms with E-state index in [9.17, 15) is 0 Å². The van der Waals surface area contributed by atoms with Crippen LogP contribution in [0.1, 0.15) is 18.2 Å². The zero-order valence-electron chi connectivity index (χ0n) is 11.7. The molecule has 0 spiro atoms. The highest BCUT2D eigenvalue weighted by Gasteiger charge is 2.04. The summed E-state index contributed by atoms with van der Waals surface area (Å²) in [6.07, 6.45) is 1.81. The lowest BCUT2D eigenvalue weighted by atomic mass is 10.2. The van der Waals surface area contributed by atoms with E-state index in [1.807, 2.05) is 43.5 Å². The van der Waals surface area contributed by atoms with Crippen molar-refractivity contribution in [2.45, 2.75) is 20.0 Å². The molecule has 0 saturated carbocycles. The van der Waals surface area contributed by atoms with Gasteiger partial charge in [0.2, 0.25) is 0 Å². The number of hydrogen-bond donors (Lipinski definition) is 1. The fourth-order valence-electron chi connectivity index (χ4n) is 1.81. The third-order valence-corrected chi connectivity index (χ3v) is 3.16. The van der Waals surface area contributed by atoms with E-state index in [0.717, 1.165) is 34.6 Å². The summed E-state index contributed by atoms with van der Waals surface area (Å²) in [7, 11) is 0. The molecule has 2 aromatic rings. The van der Waals surface area contributed by atoms with Crippen LogP contribution in [-0.2, 0) is 13.1 Å². The largest absolute Gasteiger partial charge is 0.494 e. The van der Waals surface area contributed by atoms with E-state index >= 15 is 0 Å². The summed E-state index contributed by atoms with van der Waals surface area (Å²) in [6, 6.07) is 12.0. The monoisotopic (exact) mass is 392 g/mol. The Morgan fingerprint density at radius 1 is 1.14 bits per heavy atom. The van der Waals surface area contributed by atoms with Crippen LogP contribution >= 0.6 is 40.7 Å². The number of aromatic nitrogens is 1. The van der Waals surface area contributed by atoms with Gasteiger partial charge < -0.3 is 10.1 Å². The second-order valence-electron chi connectivity index (χ2n) is 4.11. The molecule has 1 N–H and O–H groups in total. The van der Waals surface area contributed by atoms with Gasteiger partial charge in [-0.3, -0.25) is 4.98 Å². The molecule has 0 atom stereocenters. The molecule has 0 fully saturated rings. The summed E-state index contributed by atoms with van der Waals surface area (Å²) in [5.41, 5.74) is 2.18. The topological polar surface area (TPSA) is 34.1 Å². The smallest absolute Gasteiger partial charge is 0.123 e. The molecule has 0 bridgehead atoms. The molecule has 0 saturated heterocycles. The van der Waals surface area contributed by atoms with E-state index in [1.54, 1.807) is 0 Å². The molecule has 1 heterocycles. The first kappa shape index (κ1) is 20.2. The van der Waals surface area contributed by atoms with Gasteiger partial charge in [0.15, 0.2) is 0 Å². The molecule has 2 rings (SSSR count). The van der Waals surface area contributed by atoms with Crippen molar-refractivity contribution in [3.8, 4) is 5.75 Å². The third-order valence-electron chi connectivity index (χ3n) is 2.67. The minimum Gasteiger partial charge on any atom is -0.494 e. The Labute approximate surface area is 146 Å². The van der Waals surface area contributed by atoms with Gasteiger partial charge >= 0.3 is 0 Å². The highest BCUT2D eigenvalue weighted by atomic mass is 79.9. The van der Waals surface area contributed by atoms with Crippen molar-refractivity contribution >= 4 is 40.7 Å². The van der Waals surface area contributed by atoms with E-state index in [0.29, 0.717) is 6.61 Å². The Morgan fingerprint density at radius 3 is 2.62 bits per heavy atom. The molecule has 1 aromatic heterocycles. The van der Waals surface area contributed by atoms with E-state index in [-0.39, 0.29) is 24.8 Å². The van der Waals surface area contributed by atoms with Crippen molar-refractivity contribution in [1.82, 2.24) is 10.3 Å². The molecule has 116 valence electrons. The lowest BCUT2D eigenvalue weighted by molar-refractivity contribution is 0.335. The number of hydrogen-bond acceptors (Lipinski definition) is 3. The van der Waals surface area contributed by atoms with Crippen LogP contribution in [0.15, 0.2) is 47.1 Å². The van der Waals surface area contributed by atoms with E-state index in [2.05, 4.69) is 32.3 Å². The van der Waals surface area contributed by atoms with Crippen LogP contribution in [0.25, 0.3) is 0 Å². The first-order chi connectivity index (χ1) is 9.29. The van der Waals surface area contributed by atoms with Gasteiger partial charge in [0.25, 0.3) is 0 Å². The summed E-state index contributed by atoms with van der Waals surface area (Å²) in [5.74, 6) is 0.930. The summed E-state index contributed by atoms with van der Waals surface area (Å²) in [5, 5.41) is 3.38. The van der Waals surface area contributed by atoms with Crippen molar-refractivity contribution in [2.75, 3.05) is 6.61 Å². The molecule has 1 aromatic carbocycles. The highest BCUT2D eigenvalue weighted by molar-refractivity contribution is 9.10. The first-order valence-corrected chi connectivity index (χ1v) is 7.10. The number of rotatable bonds is 6. The molecule has 0 unspecified atom stereocenters. The summed E-state index contributed by atoms with van der Waals surface area (Å²) < 4.78 is 6.68. The van der Waals surface area contributed by atoms with Gasteiger partial charge in [-0.25, -0.2) is 0 Å². The summed E-state index contributed by atoms with van der Waals surface area (Å²) in [6.45, 7) is 4.17.